The number of carbonyl (C=O) groups excluding carboxylic acids is 1. The molecular weight excluding hydrogens is 262 g/mol. The number of hydrogen-bond acceptors (Lipinski definition) is 3. The number of ketones is 1. The van der Waals surface area contributed by atoms with Crippen LogP contribution in [0.5, 0.6) is 0 Å². The molecule has 3 rings (SSSR count). The number of aliphatic hydroxyl groups is 1. The Bertz CT molecular complexity index is 639. The third kappa shape index (κ3) is 2.69. The van der Waals surface area contributed by atoms with Gasteiger partial charge in [0.2, 0.25) is 0 Å². The van der Waals surface area contributed by atoms with E-state index in [1.165, 1.54) is 5.56 Å². The lowest BCUT2D eigenvalue weighted by Crippen LogP contribution is -2.40. The third-order valence-electron chi connectivity index (χ3n) is 4.08. The summed E-state index contributed by atoms with van der Waals surface area (Å²) in [6.07, 6.45) is -0.0383. The molecule has 0 bridgehead atoms. The molecule has 1 N–H and O–H groups in total. The molecule has 1 heterocycles. The standard InChI is InChI=1S/C18H19NO2/c1-13-11-15-9-5-6-10-16(15)19(13)12-17(20)18(21)14-7-3-2-4-8-14/h2-10,13,17,20H,11-12H2,1H3. The average Bonchev–Trinajstić information content (AvgIpc) is 2.83. The lowest BCUT2D eigenvalue weighted by atomic mass is 10.1. The van der Waals surface area contributed by atoms with Gasteiger partial charge in [-0.25, -0.2) is 0 Å². The molecule has 21 heavy (non-hydrogen) atoms. The van der Waals surface area contributed by atoms with Crippen molar-refractivity contribution in [3.63, 3.8) is 0 Å². The van der Waals surface area contributed by atoms with Crippen LogP contribution in [0.25, 0.3) is 0 Å². The summed E-state index contributed by atoms with van der Waals surface area (Å²) in [6, 6.07) is 17.5. The van der Waals surface area contributed by atoms with Gasteiger partial charge in [0, 0.05) is 17.3 Å². The van der Waals surface area contributed by atoms with E-state index in [0.29, 0.717) is 18.2 Å². The molecule has 2 aromatic rings. The van der Waals surface area contributed by atoms with Crippen LogP contribution in [-0.2, 0) is 6.42 Å². The molecule has 1 aliphatic heterocycles. The Balaban J connectivity index is 1.76. The Morgan fingerprint density at radius 2 is 1.86 bits per heavy atom. The maximum Gasteiger partial charge on any atom is 0.193 e. The Morgan fingerprint density at radius 3 is 2.62 bits per heavy atom. The smallest absolute Gasteiger partial charge is 0.193 e. The average molecular weight is 281 g/mol. The van der Waals surface area contributed by atoms with Gasteiger partial charge >= 0.3 is 0 Å². The molecule has 2 atom stereocenters. The molecule has 0 saturated carbocycles. The molecule has 0 radical (unpaired) electrons. The lowest BCUT2D eigenvalue weighted by Gasteiger charge is -2.27. The summed E-state index contributed by atoms with van der Waals surface area (Å²) in [5.74, 6) is -0.216. The van der Waals surface area contributed by atoms with Gasteiger partial charge in [-0.1, -0.05) is 48.5 Å². The van der Waals surface area contributed by atoms with Crippen molar-refractivity contribution in [1.82, 2.24) is 0 Å². The summed E-state index contributed by atoms with van der Waals surface area (Å²) in [4.78, 5) is 14.4. The number of carbonyl (C=O) groups is 1. The lowest BCUT2D eigenvalue weighted by molar-refractivity contribution is 0.0757. The van der Waals surface area contributed by atoms with Crippen molar-refractivity contribution in [3.05, 3.63) is 65.7 Å². The number of nitrogens with zero attached hydrogens (tertiary/aromatic N) is 1. The van der Waals surface area contributed by atoms with Crippen molar-refractivity contribution < 1.29 is 9.90 Å². The van der Waals surface area contributed by atoms with Crippen LogP contribution >= 0.6 is 0 Å². The first-order valence-corrected chi connectivity index (χ1v) is 7.28. The molecule has 3 heteroatoms. The number of fused-ring (bicyclic) bond motifs is 1. The van der Waals surface area contributed by atoms with Crippen LogP contribution in [0.4, 0.5) is 5.69 Å². The fourth-order valence-electron chi connectivity index (χ4n) is 2.97. The molecule has 2 aromatic carbocycles. The summed E-state index contributed by atoms with van der Waals surface area (Å²) in [5, 5.41) is 10.3. The highest BCUT2D eigenvalue weighted by Gasteiger charge is 2.29. The Kier molecular flexibility index (Phi) is 3.76. The van der Waals surface area contributed by atoms with Crippen molar-refractivity contribution in [2.75, 3.05) is 11.4 Å². The van der Waals surface area contributed by atoms with Gasteiger partial charge in [0.25, 0.3) is 0 Å². The minimum absolute atomic E-state index is 0.216. The van der Waals surface area contributed by atoms with E-state index in [4.69, 9.17) is 0 Å². The van der Waals surface area contributed by atoms with Crippen LogP contribution in [0.2, 0.25) is 0 Å². The van der Waals surface area contributed by atoms with E-state index in [9.17, 15) is 9.90 Å². The maximum absolute atomic E-state index is 12.3. The number of rotatable bonds is 4. The van der Waals surface area contributed by atoms with Crippen LogP contribution in [-0.4, -0.2) is 29.6 Å². The largest absolute Gasteiger partial charge is 0.383 e. The van der Waals surface area contributed by atoms with Crippen LogP contribution in [0.3, 0.4) is 0 Å². The Labute approximate surface area is 124 Å². The van der Waals surface area contributed by atoms with Crippen molar-refractivity contribution >= 4 is 11.5 Å². The normalized spacial score (nSPS) is 18.4. The molecule has 2 unspecified atom stereocenters. The SMILES string of the molecule is CC1Cc2ccccc2N1CC(O)C(=O)c1ccccc1. The van der Waals surface area contributed by atoms with Crippen molar-refractivity contribution in [2.24, 2.45) is 0 Å². The van der Waals surface area contributed by atoms with Gasteiger partial charge in [0.05, 0.1) is 6.54 Å². The number of hydrogen-bond donors (Lipinski definition) is 1. The molecular formula is C18H19NO2. The fraction of sp³-hybridized carbons (Fsp3) is 0.278. The number of para-hydroxylation sites is 1. The van der Waals surface area contributed by atoms with Gasteiger partial charge in [-0.3, -0.25) is 4.79 Å². The van der Waals surface area contributed by atoms with Crippen LogP contribution in [0.1, 0.15) is 22.8 Å². The molecule has 1 aliphatic rings. The zero-order valence-electron chi connectivity index (χ0n) is 12.1. The second kappa shape index (κ2) is 5.70. The van der Waals surface area contributed by atoms with Crippen LogP contribution < -0.4 is 4.90 Å². The topological polar surface area (TPSA) is 40.5 Å². The summed E-state index contributed by atoms with van der Waals surface area (Å²) in [5.41, 5.74) is 2.97. The highest BCUT2D eigenvalue weighted by Crippen LogP contribution is 2.31. The predicted octanol–water partition coefficient (Wildman–Crippen LogP) is 2.68. The molecule has 108 valence electrons. The number of anilines is 1. The highest BCUT2D eigenvalue weighted by atomic mass is 16.3. The Hall–Kier alpha value is -2.13. The van der Waals surface area contributed by atoms with Crippen molar-refractivity contribution in [3.8, 4) is 0 Å². The second-order valence-corrected chi connectivity index (χ2v) is 5.58. The van der Waals surface area contributed by atoms with Gasteiger partial charge in [-0.2, -0.15) is 0 Å². The molecule has 0 aromatic heterocycles. The molecule has 0 fully saturated rings. The number of β-amino-alcohol motifs (C(OH)–C–C–N with tert-alkyl or cyclic N) is 1. The van der Waals surface area contributed by atoms with E-state index in [-0.39, 0.29) is 5.78 Å². The van der Waals surface area contributed by atoms with Crippen molar-refractivity contribution in [2.45, 2.75) is 25.5 Å². The molecule has 0 amide bonds. The second-order valence-electron chi connectivity index (χ2n) is 5.58. The first-order chi connectivity index (χ1) is 10.2. The van der Waals surface area contributed by atoms with E-state index < -0.39 is 6.10 Å². The van der Waals surface area contributed by atoms with Crippen LogP contribution in [0.15, 0.2) is 54.6 Å². The minimum atomic E-state index is -0.999. The van der Waals surface area contributed by atoms with Gasteiger partial charge in [-0.15, -0.1) is 0 Å². The molecule has 0 aliphatic carbocycles. The highest BCUT2D eigenvalue weighted by molar-refractivity contribution is 5.99. The van der Waals surface area contributed by atoms with Gasteiger partial charge in [-0.05, 0) is 25.0 Å². The minimum Gasteiger partial charge on any atom is -0.383 e. The zero-order valence-corrected chi connectivity index (χ0v) is 12.1. The fourth-order valence-corrected chi connectivity index (χ4v) is 2.97. The number of aliphatic hydroxyl groups excluding tert-OH is 1. The predicted molar refractivity (Wildman–Crippen MR) is 83.7 cm³/mol. The van der Waals surface area contributed by atoms with E-state index in [1.54, 1.807) is 12.1 Å². The number of Topliss-reactive ketones (excluding diaryl/α,β-unsaturated/α-hetero) is 1. The maximum atomic E-state index is 12.3. The van der Waals surface area contributed by atoms with Crippen LogP contribution in [0, 0.1) is 0 Å². The molecule has 3 nitrogen and oxygen atoms in total. The van der Waals surface area contributed by atoms with E-state index in [1.807, 2.05) is 30.3 Å². The van der Waals surface area contributed by atoms with E-state index in [2.05, 4.69) is 24.0 Å². The van der Waals surface area contributed by atoms with Gasteiger partial charge in [0.1, 0.15) is 6.10 Å². The summed E-state index contributed by atoms with van der Waals surface area (Å²) in [6.45, 7) is 2.46. The third-order valence-corrected chi connectivity index (χ3v) is 4.08. The zero-order chi connectivity index (χ0) is 14.8. The molecule has 0 saturated heterocycles. The monoisotopic (exact) mass is 281 g/mol. The van der Waals surface area contributed by atoms with Gasteiger partial charge < -0.3 is 10.0 Å². The summed E-state index contributed by atoms with van der Waals surface area (Å²) < 4.78 is 0. The van der Waals surface area contributed by atoms with Gasteiger partial charge in [0.15, 0.2) is 5.78 Å². The molecule has 0 spiro atoms. The van der Waals surface area contributed by atoms with E-state index in [0.717, 1.165) is 12.1 Å². The van der Waals surface area contributed by atoms with E-state index >= 15 is 0 Å². The summed E-state index contributed by atoms with van der Waals surface area (Å²) >= 11 is 0. The quantitative estimate of drug-likeness (QED) is 0.876. The first kappa shape index (κ1) is 13.8. The Morgan fingerprint density at radius 1 is 1.19 bits per heavy atom. The number of benzene rings is 2. The van der Waals surface area contributed by atoms with Crippen molar-refractivity contribution in [1.29, 1.82) is 0 Å². The first-order valence-electron chi connectivity index (χ1n) is 7.28. The summed E-state index contributed by atoms with van der Waals surface area (Å²) in [7, 11) is 0.